The van der Waals surface area contributed by atoms with E-state index in [2.05, 4.69) is 5.16 Å². The van der Waals surface area contributed by atoms with Crippen molar-refractivity contribution in [2.45, 2.75) is 33.7 Å². The van der Waals surface area contributed by atoms with Crippen LogP contribution in [0.3, 0.4) is 0 Å². The fraction of sp³-hybridized carbons (Fsp3) is 0.636. The minimum atomic E-state index is -0.0929. The van der Waals surface area contributed by atoms with Crippen molar-refractivity contribution in [1.29, 1.82) is 0 Å². The SMILES string of the molecule is CC.CC(=O)c1cc(C(C)N(C)C)no1. The van der Waals surface area contributed by atoms with E-state index < -0.39 is 0 Å². The number of hydrogen-bond donors (Lipinski definition) is 0. The molecule has 1 atom stereocenters. The Morgan fingerprint density at radius 1 is 1.47 bits per heavy atom. The summed E-state index contributed by atoms with van der Waals surface area (Å²) in [5, 5.41) is 3.82. The van der Waals surface area contributed by atoms with Gasteiger partial charge in [-0.15, -0.1) is 0 Å². The van der Waals surface area contributed by atoms with E-state index in [0.29, 0.717) is 5.76 Å². The van der Waals surface area contributed by atoms with Gasteiger partial charge in [0, 0.05) is 13.0 Å². The summed E-state index contributed by atoms with van der Waals surface area (Å²) in [4.78, 5) is 12.9. The molecule has 0 spiro atoms. The summed E-state index contributed by atoms with van der Waals surface area (Å²) in [5.74, 6) is 0.230. The van der Waals surface area contributed by atoms with E-state index in [4.69, 9.17) is 4.52 Å². The maximum atomic E-state index is 10.9. The summed E-state index contributed by atoms with van der Waals surface area (Å²) < 4.78 is 4.87. The quantitative estimate of drug-likeness (QED) is 0.722. The van der Waals surface area contributed by atoms with Crippen LogP contribution in [0, 0.1) is 0 Å². The van der Waals surface area contributed by atoms with Gasteiger partial charge >= 0.3 is 0 Å². The fourth-order valence-electron chi connectivity index (χ4n) is 0.916. The van der Waals surface area contributed by atoms with Gasteiger partial charge in [0.2, 0.25) is 5.76 Å². The molecule has 0 aliphatic heterocycles. The van der Waals surface area contributed by atoms with Gasteiger partial charge in [-0.25, -0.2) is 0 Å². The Labute approximate surface area is 91.2 Å². The first-order valence-electron chi connectivity index (χ1n) is 5.16. The van der Waals surface area contributed by atoms with Crippen LogP contribution in [0.1, 0.15) is 50.0 Å². The molecule has 1 aromatic heterocycles. The van der Waals surface area contributed by atoms with Gasteiger partial charge in [0.25, 0.3) is 0 Å². The Balaban J connectivity index is 0.000000921. The van der Waals surface area contributed by atoms with Crippen LogP contribution in [0.15, 0.2) is 10.6 Å². The first kappa shape index (κ1) is 13.8. The third-order valence-electron chi connectivity index (χ3n) is 2.08. The van der Waals surface area contributed by atoms with Crippen molar-refractivity contribution >= 4 is 5.78 Å². The fourth-order valence-corrected chi connectivity index (χ4v) is 0.916. The molecule has 0 radical (unpaired) electrons. The Hall–Kier alpha value is -1.16. The topological polar surface area (TPSA) is 46.3 Å². The molecule has 1 unspecified atom stereocenters. The minimum absolute atomic E-state index is 0.0929. The molecule has 0 aliphatic rings. The molecule has 0 aliphatic carbocycles. The second kappa shape index (κ2) is 6.35. The highest BCUT2D eigenvalue weighted by atomic mass is 16.5. The lowest BCUT2D eigenvalue weighted by molar-refractivity contribution is 0.0978. The lowest BCUT2D eigenvalue weighted by atomic mass is 10.2. The third-order valence-corrected chi connectivity index (χ3v) is 2.08. The monoisotopic (exact) mass is 212 g/mol. The molecule has 4 heteroatoms. The predicted molar refractivity (Wildman–Crippen MR) is 60.0 cm³/mol. The molecule has 0 saturated carbocycles. The Morgan fingerprint density at radius 3 is 2.33 bits per heavy atom. The molecule has 4 nitrogen and oxygen atoms in total. The highest BCUT2D eigenvalue weighted by molar-refractivity contribution is 5.91. The summed E-state index contributed by atoms with van der Waals surface area (Å²) in [6.45, 7) is 7.46. The first-order chi connectivity index (χ1) is 7.02. The van der Waals surface area contributed by atoms with Crippen molar-refractivity contribution < 1.29 is 9.32 Å². The number of nitrogens with zero attached hydrogens (tertiary/aromatic N) is 2. The molecule has 1 rings (SSSR count). The molecule has 1 heterocycles. The van der Waals surface area contributed by atoms with Crippen LogP contribution in [0.2, 0.25) is 0 Å². The van der Waals surface area contributed by atoms with E-state index in [0.717, 1.165) is 5.69 Å². The number of ketones is 1. The molecule has 0 N–H and O–H groups in total. The van der Waals surface area contributed by atoms with Gasteiger partial charge < -0.3 is 9.42 Å². The zero-order chi connectivity index (χ0) is 12.0. The average molecular weight is 212 g/mol. The highest BCUT2D eigenvalue weighted by Gasteiger charge is 2.15. The normalized spacial score (nSPS) is 11.9. The average Bonchev–Trinajstić information content (AvgIpc) is 2.68. The van der Waals surface area contributed by atoms with Crippen LogP contribution in [0.5, 0.6) is 0 Å². The lowest BCUT2D eigenvalue weighted by Crippen LogP contribution is -2.16. The number of hydrogen-bond acceptors (Lipinski definition) is 4. The Morgan fingerprint density at radius 2 is 2.00 bits per heavy atom. The van der Waals surface area contributed by atoms with Crippen LogP contribution >= 0.6 is 0 Å². The van der Waals surface area contributed by atoms with Crippen molar-refractivity contribution in [3.63, 3.8) is 0 Å². The maximum absolute atomic E-state index is 10.9. The first-order valence-corrected chi connectivity index (χ1v) is 5.16. The van der Waals surface area contributed by atoms with Crippen molar-refractivity contribution in [2.24, 2.45) is 0 Å². The smallest absolute Gasteiger partial charge is 0.202 e. The summed E-state index contributed by atoms with van der Waals surface area (Å²) in [6.07, 6.45) is 0. The van der Waals surface area contributed by atoms with Gasteiger partial charge in [-0.2, -0.15) is 0 Å². The molecule has 1 aromatic rings. The van der Waals surface area contributed by atoms with Crippen molar-refractivity contribution in [1.82, 2.24) is 10.1 Å². The van der Waals surface area contributed by atoms with Crippen molar-refractivity contribution in [3.05, 3.63) is 17.5 Å². The van der Waals surface area contributed by atoms with Crippen molar-refractivity contribution in [3.8, 4) is 0 Å². The summed E-state index contributed by atoms with van der Waals surface area (Å²) >= 11 is 0. The number of carbonyl (C=O) groups excluding carboxylic acids is 1. The van der Waals surface area contributed by atoms with E-state index in [9.17, 15) is 4.79 Å². The van der Waals surface area contributed by atoms with Gasteiger partial charge in [-0.1, -0.05) is 19.0 Å². The van der Waals surface area contributed by atoms with Gasteiger partial charge in [-0.3, -0.25) is 4.79 Å². The summed E-state index contributed by atoms with van der Waals surface area (Å²) in [7, 11) is 3.90. The van der Waals surface area contributed by atoms with Gasteiger partial charge in [0.05, 0.1) is 6.04 Å². The number of carbonyl (C=O) groups is 1. The lowest BCUT2D eigenvalue weighted by Gasteiger charge is -2.15. The molecule has 15 heavy (non-hydrogen) atoms. The molecular formula is C11H20N2O2. The second-order valence-electron chi connectivity index (χ2n) is 3.31. The molecule has 0 fully saturated rings. The molecule has 0 bridgehead atoms. The predicted octanol–water partition coefficient (Wildman–Crippen LogP) is 2.53. The van der Waals surface area contributed by atoms with Crippen LogP contribution in [-0.2, 0) is 0 Å². The van der Waals surface area contributed by atoms with E-state index in [1.807, 2.05) is 39.8 Å². The largest absolute Gasteiger partial charge is 0.353 e. The maximum Gasteiger partial charge on any atom is 0.202 e. The Bertz CT molecular complexity index is 305. The zero-order valence-electron chi connectivity index (χ0n) is 10.4. The van der Waals surface area contributed by atoms with Crippen molar-refractivity contribution in [2.75, 3.05) is 14.1 Å². The Kier molecular flexibility index (Phi) is 5.86. The van der Waals surface area contributed by atoms with Gasteiger partial charge in [0.1, 0.15) is 5.69 Å². The van der Waals surface area contributed by atoms with Gasteiger partial charge in [0.15, 0.2) is 5.78 Å². The molecule has 0 saturated heterocycles. The van der Waals surface area contributed by atoms with E-state index in [1.54, 1.807) is 6.07 Å². The van der Waals surface area contributed by atoms with E-state index in [1.165, 1.54) is 6.92 Å². The zero-order valence-corrected chi connectivity index (χ0v) is 10.4. The van der Waals surface area contributed by atoms with Crippen LogP contribution in [0.25, 0.3) is 0 Å². The number of rotatable bonds is 3. The summed E-state index contributed by atoms with van der Waals surface area (Å²) in [5.41, 5.74) is 0.787. The molecule has 0 amide bonds. The van der Waals surface area contributed by atoms with Crippen LogP contribution < -0.4 is 0 Å². The molecular weight excluding hydrogens is 192 g/mol. The minimum Gasteiger partial charge on any atom is -0.353 e. The van der Waals surface area contributed by atoms with Crippen LogP contribution in [0.4, 0.5) is 0 Å². The number of Topliss-reactive ketones (excluding diaryl/α,β-unsaturated/α-hetero) is 1. The number of aromatic nitrogens is 1. The molecule has 0 aromatic carbocycles. The van der Waals surface area contributed by atoms with Gasteiger partial charge in [-0.05, 0) is 21.0 Å². The summed E-state index contributed by atoms with van der Waals surface area (Å²) in [6, 6.07) is 1.85. The van der Waals surface area contributed by atoms with E-state index in [-0.39, 0.29) is 11.8 Å². The van der Waals surface area contributed by atoms with E-state index >= 15 is 0 Å². The standard InChI is InChI=1S/C9H14N2O2.C2H6/c1-6(11(3)4)8-5-9(7(2)12)13-10-8;1-2/h5-6H,1-4H3;1-2H3. The highest BCUT2D eigenvalue weighted by Crippen LogP contribution is 2.16. The molecule has 86 valence electrons. The van der Waals surface area contributed by atoms with Crippen LogP contribution in [-0.4, -0.2) is 29.9 Å². The second-order valence-corrected chi connectivity index (χ2v) is 3.31. The third kappa shape index (κ3) is 3.83.